The van der Waals surface area contributed by atoms with E-state index < -0.39 is 0 Å². The molecule has 0 fully saturated rings. The second kappa shape index (κ2) is 8.29. The van der Waals surface area contributed by atoms with E-state index in [2.05, 4.69) is 33.7 Å². The molecule has 0 aromatic carbocycles. The molecule has 0 aliphatic heterocycles. The van der Waals surface area contributed by atoms with Gasteiger partial charge in [-0.2, -0.15) is 23.0 Å². The predicted octanol–water partition coefficient (Wildman–Crippen LogP) is 2.71. The first-order valence-corrected chi connectivity index (χ1v) is 9.28. The number of pyridine rings is 2. The van der Waals surface area contributed by atoms with Gasteiger partial charge in [0.05, 0.1) is 35.5 Å². The average molecular weight is 382 g/mol. The van der Waals surface area contributed by atoms with Crippen molar-refractivity contribution in [2.75, 3.05) is 24.6 Å². The first kappa shape index (κ1) is 19.0. The Hall–Kier alpha value is -2.76. The zero-order valence-electron chi connectivity index (χ0n) is 15.3. The van der Waals surface area contributed by atoms with Crippen LogP contribution in [0, 0.1) is 11.3 Å². The van der Waals surface area contributed by atoms with Crippen molar-refractivity contribution in [1.29, 1.82) is 5.26 Å². The third-order valence-corrected chi connectivity index (χ3v) is 4.35. The van der Waals surface area contributed by atoms with E-state index >= 15 is 0 Å². The minimum Gasteiger partial charge on any atom is -0.492 e. The van der Waals surface area contributed by atoms with Gasteiger partial charge in [0, 0.05) is 30.4 Å². The Bertz CT molecular complexity index is 961. The van der Waals surface area contributed by atoms with Gasteiger partial charge >= 0.3 is 0 Å². The molecular formula is C19H22N6OS. The summed E-state index contributed by atoms with van der Waals surface area (Å²) >= 11 is 4.26. The molecule has 0 aliphatic rings. The van der Waals surface area contributed by atoms with Crippen molar-refractivity contribution >= 4 is 24.0 Å². The van der Waals surface area contributed by atoms with Crippen molar-refractivity contribution in [3.63, 3.8) is 0 Å². The molecule has 3 aromatic rings. The molecule has 27 heavy (non-hydrogen) atoms. The average Bonchev–Trinajstić information content (AvgIpc) is 3.09. The van der Waals surface area contributed by atoms with E-state index in [-0.39, 0.29) is 5.37 Å². The normalized spacial score (nSPS) is 12.0. The van der Waals surface area contributed by atoms with Crippen LogP contribution in [0.4, 0.5) is 5.82 Å². The number of hydrogen-bond donors (Lipinski definition) is 2. The first-order valence-electron chi connectivity index (χ1n) is 8.76. The van der Waals surface area contributed by atoms with Gasteiger partial charge in [0.2, 0.25) is 0 Å². The van der Waals surface area contributed by atoms with Crippen molar-refractivity contribution < 1.29 is 4.74 Å². The number of ether oxygens (including phenoxy) is 1. The summed E-state index contributed by atoms with van der Waals surface area (Å²) in [4.78, 5) is 6.65. The topological polar surface area (TPSA) is 92.5 Å². The van der Waals surface area contributed by atoms with Crippen LogP contribution >= 0.6 is 12.6 Å². The molecule has 140 valence electrons. The van der Waals surface area contributed by atoms with Gasteiger partial charge in [0.25, 0.3) is 0 Å². The number of anilines is 1. The van der Waals surface area contributed by atoms with Crippen LogP contribution in [0.15, 0.2) is 36.8 Å². The van der Waals surface area contributed by atoms with Crippen LogP contribution in [0.5, 0.6) is 5.75 Å². The van der Waals surface area contributed by atoms with E-state index in [4.69, 9.17) is 10.5 Å². The largest absolute Gasteiger partial charge is 0.492 e. The number of aromatic nitrogens is 3. The molecule has 0 aliphatic carbocycles. The Morgan fingerprint density at radius 2 is 2.19 bits per heavy atom. The lowest BCUT2D eigenvalue weighted by molar-refractivity contribution is 0.338. The van der Waals surface area contributed by atoms with Gasteiger partial charge in [-0.05, 0) is 32.0 Å². The second-order valence-electron chi connectivity index (χ2n) is 6.00. The minimum atomic E-state index is -0.237. The Kier molecular flexibility index (Phi) is 5.84. The number of thiol groups is 1. The highest BCUT2D eigenvalue weighted by Crippen LogP contribution is 2.31. The van der Waals surface area contributed by atoms with Crippen LogP contribution in [0.3, 0.4) is 0 Å². The predicted molar refractivity (Wildman–Crippen MR) is 109 cm³/mol. The molecule has 0 bridgehead atoms. The molecule has 3 heterocycles. The number of fused-ring (bicyclic) bond motifs is 1. The summed E-state index contributed by atoms with van der Waals surface area (Å²) < 4.78 is 7.32. The number of nitrogens with zero attached hydrogens (tertiary/aromatic N) is 5. The first-order chi connectivity index (χ1) is 13.1. The summed E-state index contributed by atoms with van der Waals surface area (Å²) in [5.74, 6) is 1.52. The third-order valence-electron chi connectivity index (χ3n) is 4.19. The van der Waals surface area contributed by atoms with Gasteiger partial charge in [0.15, 0.2) is 0 Å². The van der Waals surface area contributed by atoms with Gasteiger partial charge in [-0.1, -0.05) is 0 Å². The van der Waals surface area contributed by atoms with Gasteiger partial charge < -0.3 is 15.4 Å². The summed E-state index contributed by atoms with van der Waals surface area (Å²) in [7, 11) is 0. The third kappa shape index (κ3) is 3.99. The van der Waals surface area contributed by atoms with Crippen molar-refractivity contribution in [3.8, 4) is 22.9 Å². The molecule has 0 spiro atoms. The molecule has 0 radical (unpaired) electrons. The monoisotopic (exact) mass is 382 g/mol. The van der Waals surface area contributed by atoms with Gasteiger partial charge in [-0.25, -0.2) is 9.50 Å². The summed E-state index contributed by atoms with van der Waals surface area (Å²) in [6, 6.07) is 8.04. The van der Waals surface area contributed by atoms with Crippen molar-refractivity contribution in [2.24, 2.45) is 5.73 Å². The summed E-state index contributed by atoms with van der Waals surface area (Å²) in [5.41, 5.74) is 8.77. The lowest BCUT2D eigenvalue weighted by Crippen LogP contribution is -2.34. The van der Waals surface area contributed by atoms with Crippen molar-refractivity contribution in [1.82, 2.24) is 14.6 Å². The minimum absolute atomic E-state index is 0.237. The van der Waals surface area contributed by atoms with Crippen molar-refractivity contribution in [3.05, 3.63) is 42.4 Å². The van der Waals surface area contributed by atoms with Crippen LogP contribution in [0.1, 0.15) is 19.4 Å². The van der Waals surface area contributed by atoms with Crippen LogP contribution in [-0.4, -0.2) is 39.7 Å². The molecule has 8 heteroatoms. The molecule has 3 rings (SSSR count). The molecule has 0 amide bonds. The Labute approximate surface area is 163 Å². The maximum Gasteiger partial charge on any atom is 0.138 e. The molecule has 0 unspecified atom stereocenters. The smallest absolute Gasteiger partial charge is 0.138 e. The van der Waals surface area contributed by atoms with Gasteiger partial charge in [-0.3, -0.25) is 0 Å². The quantitative estimate of drug-likeness (QED) is 0.482. The van der Waals surface area contributed by atoms with Crippen LogP contribution in [0.2, 0.25) is 0 Å². The zero-order valence-corrected chi connectivity index (χ0v) is 16.2. The molecule has 0 saturated heterocycles. The van der Waals surface area contributed by atoms with E-state index in [1.54, 1.807) is 23.1 Å². The van der Waals surface area contributed by atoms with E-state index in [1.807, 2.05) is 32.0 Å². The highest BCUT2D eigenvalue weighted by Gasteiger charge is 2.15. The second-order valence-corrected chi connectivity index (χ2v) is 6.66. The van der Waals surface area contributed by atoms with E-state index in [9.17, 15) is 5.26 Å². The molecule has 0 saturated carbocycles. The maximum absolute atomic E-state index is 9.43. The van der Waals surface area contributed by atoms with Crippen LogP contribution < -0.4 is 15.4 Å². The Morgan fingerprint density at radius 3 is 2.78 bits per heavy atom. The highest BCUT2D eigenvalue weighted by molar-refractivity contribution is 7.80. The number of rotatable bonds is 7. The van der Waals surface area contributed by atoms with Gasteiger partial charge in [0.1, 0.15) is 17.6 Å². The van der Waals surface area contributed by atoms with E-state index in [0.717, 1.165) is 29.0 Å². The Balaban J connectivity index is 2.06. The summed E-state index contributed by atoms with van der Waals surface area (Å²) in [6.07, 6.45) is 5.13. The fraction of sp³-hybridized carbons (Fsp3) is 0.316. The zero-order chi connectivity index (χ0) is 19.4. The number of nitriles is 1. The fourth-order valence-corrected chi connectivity index (χ4v) is 3.18. The molecular weight excluding hydrogens is 360 g/mol. The molecule has 3 aromatic heterocycles. The van der Waals surface area contributed by atoms with E-state index in [0.29, 0.717) is 24.5 Å². The number of hydrogen-bond acceptors (Lipinski definition) is 7. The number of likely N-dealkylation sites (N-methyl/N-ethyl adjacent to an activating group) is 1. The highest BCUT2D eigenvalue weighted by atomic mass is 32.1. The fourth-order valence-electron chi connectivity index (χ4n) is 2.99. The van der Waals surface area contributed by atoms with Gasteiger partial charge in [-0.15, -0.1) is 0 Å². The summed E-state index contributed by atoms with van der Waals surface area (Å²) in [5, 5.41) is 13.5. The molecule has 7 nitrogen and oxygen atoms in total. The maximum atomic E-state index is 9.43. The summed E-state index contributed by atoms with van der Waals surface area (Å²) in [6.45, 7) is 5.91. The lowest BCUT2D eigenvalue weighted by Gasteiger charge is -2.23. The number of nitrogens with two attached hydrogens (primary N) is 1. The Morgan fingerprint density at radius 1 is 1.37 bits per heavy atom. The standard InChI is InChI=1S/C19H22N6OS/c1-3-24(12-17(21)27)18-6-5-13(9-22-18)16-7-15(26-4-2)11-25-19(16)14(8-20)10-23-25/h5-7,9-11,17,27H,3-4,12,21H2,1-2H3/t17-/m1/s1. The lowest BCUT2D eigenvalue weighted by atomic mass is 10.1. The molecule has 1 atom stereocenters. The van der Waals surface area contributed by atoms with Crippen LogP contribution in [-0.2, 0) is 0 Å². The van der Waals surface area contributed by atoms with E-state index in [1.165, 1.54) is 0 Å². The van der Waals surface area contributed by atoms with Crippen molar-refractivity contribution in [2.45, 2.75) is 19.2 Å². The molecule has 2 N–H and O–H groups in total. The SMILES string of the molecule is CCOc1cc(-c2ccc(N(CC)C[C@H](N)S)nc2)c2c(C#N)cnn2c1. The van der Waals surface area contributed by atoms with Crippen LogP contribution in [0.25, 0.3) is 16.6 Å².